The molecule has 4 rings (SSSR count). The Kier molecular flexibility index (Phi) is 4.48. The molecule has 0 fully saturated rings. The van der Waals surface area contributed by atoms with E-state index in [9.17, 15) is 8.78 Å². The van der Waals surface area contributed by atoms with Crippen molar-refractivity contribution in [1.29, 1.82) is 0 Å². The number of aromatic nitrogens is 4. The molecule has 0 saturated carbocycles. The number of anilines is 4. The summed E-state index contributed by atoms with van der Waals surface area (Å²) in [6.45, 7) is 0. The molecule has 2 N–H and O–H groups in total. The van der Waals surface area contributed by atoms with Gasteiger partial charge in [0.1, 0.15) is 0 Å². The molecule has 28 heavy (non-hydrogen) atoms. The van der Waals surface area contributed by atoms with E-state index in [0.717, 1.165) is 17.1 Å². The van der Waals surface area contributed by atoms with Crippen LogP contribution in [0.25, 0.3) is 10.9 Å². The third-order valence-corrected chi connectivity index (χ3v) is 4.04. The zero-order chi connectivity index (χ0) is 19.7. The number of nitrogens with zero attached hydrogens (tertiary/aromatic N) is 4. The first kappa shape index (κ1) is 17.7. The first-order chi connectivity index (χ1) is 13.5. The number of hydrogen-bond acceptors (Lipinski definition) is 6. The fourth-order valence-electron chi connectivity index (χ4n) is 2.74. The molecular formula is C19H16F2N6O. The minimum atomic E-state index is -0.644. The Bertz CT molecular complexity index is 1160. The van der Waals surface area contributed by atoms with Crippen molar-refractivity contribution < 1.29 is 13.5 Å². The van der Waals surface area contributed by atoms with Gasteiger partial charge in [-0.15, -0.1) is 0 Å². The lowest BCUT2D eigenvalue weighted by Gasteiger charge is -2.11. The van der Waals surface area contributed by atoms with E-state index >= 15 is 0 Å². The summed E-state index contributed by atoms with van der Waals surface area (Å²) in [6.07, 6.45) is 2.96. The predicted molar refractivity (Wildman–Crippen MR) is 102 cm³/mol. The van der Waals surface area contributed by atoms with Crippen molar-refractivity contribution in [1.82, 2.24) is 19.7 Å². The summed E-state index contributed by atoms with van der Waals surface area (Å²) in [6, 6.07) is 9.72. The SMILES string of the molecule is COc1cc(Nc2nc(Nc3ccc4cn(C)nc4c3)ncc2F)ccc1F. The molecule has 0 radical (unpaired) electrons. The van der Waals surface area contributed by atoms with Gasteiger partial charge in [0.15, 0.2) is 23.2 Å². The summed E-state index contributed by atoms with van der Waals surface area (Å²) >= 11 is 0. The number of fused-ring (bicyclic) bond motifs is 1. The van der Waals surface area contributed by atoms with Crippen molar-refractivity contribution in [2.45, 2.75) is 0 Å². The van der Waals surface area contributed by atoms with Gasteiger partial charge in [-0.3, -0.25) is 4.68 Å². The number of methoxy groups -OCH3 is 1. The smallest absolute Gasteiger partial charge is 0.229 e. The van der Waals surface area contributed by atoms with E-state index in [4.69, 9.17) is 4.74 Å². The van der Waals surface area contributed by atoms with Crippen LogP contribution >= 0.6 is 0 Å². The molecule has 4 aromatic rings. The zero-order valence-corrected chi connectivity index (χ0v) is 15.1. The second-order valence-corrected chi connectivity index (χ2v) is 6.07. The maximum absolute atomic E-state index is 14.1. The number of halogens is 2. The fourth-order valence-corrected chi connectivity index (χ4v) is 2.74. The van der Waals surface area contributed by atoms with Gasteiger partial charge in [0.2, 0.25) is 5.95 Å². The lowest BCUT2D eigenvalue weighted by atomic mass is 10.2. The minimum Gasteiger partial charge on any atom is -0.494 e. The molecule has 9 heteroatoms. The Balaban J connectivity index is 1.59. The molecule has 0 aliphatic heterocycles. The molecule has 0 atom stereocenters. The van der Waals surface area contributed by atoms with Gasteiger partial charge in [-0.25, -0.2) is 13.8 Å². The molecule has 0 aliphatic rings. The van der Waals surface area contributed by atoms with Crippen LogP contribution in [0.3, 0.4) is 0 Å². The van der Waals surface area contributed by atoms with Crippen molar-refractivity contribution in [2.75, 3.05) is 17.7 Å². The van der Waals surface area contributed by atoms with Crippen LogP contribution in [-0.2, 0) is 7.05 Å². The summed E-state index contributed by atoms with van der Waals surface area (Å²) in [7, 11) is 3.20. The average Bonchev–Trinajstić information content (AvgIpc) is 3.05. The van der Waals surface area contributed by atoms with Crippen molar-refractivity contribution in [2.24, 2.45) is 7.05 Å². The molecule has 0 bridgehead atoms. The second kappa shape index (κ2) is 7.10. The zero-order valence-electron chi connectivity index (χ0n) is 15.1. The highest BCUT2D eigenvalue weighted by atomic mass is 19.1. The van der Waals surface area contributed by atoms with E-state index in [1.54, 1.807) is 4.68 Å². The number of ether oxygens (including phenoxy) is 1. The third kappa shape index (κ3) is 3.54. The van der Waals surface area contributed by atoms with Gasteiger partial charge in [-0.1, -0.05) is 0 Å². The summed E-state index contributed by atoms with van der Waals surface area (Å²) in [5.74, 6) is -0.961. The molecule has 2 heterocycles. The van der Waals surface area contributed by atoms with Crippen LogP contribution in [0, 0.1) is 11.6 Å². The van der Waals surface area contributed by atoms with Gasteiger partial charge < -0.3 is 15.4 Å². The number of rotatable bonds is 5. The van der Waals surface area contributed by atoms with Crippen molar-refractivity contribution in [3.63, 3.8) is 0 Å². The molecule has 7 nitrogen and oxygen atoms in total. The molecule has 0 spiro atoms. The van der Waals surface area contributed by atoms with Crippen molar-refractivity contribution in [3.8, 4) is 5.75 Å². The Morgan fingerprint density at radius 1 is 1.00 bits per heavy atom. The Morgan fingerprint density at radius 3 is 2.61 bits per heavy atom. The van der Waals surface area contributed by atoms with Crippen molar-refractivity contribution in [3.05, 3.63) is 60.4 Å². The van der Waals surface area contributed by atoms with Gasteiger partial charge in [-0.05, 0) is 30.3 Å². The van der Waals surface area contributed by atoms with Gasteiger partial charge >= 0.3 is 0 Å². The topological polar surface area (TPSA) is 76.9 Å². The van der Waals surface area contributed by atoms with Crippen LogP contribution < -0.4 is 15.4 Å². The monoisotopic (exact) mass is 382 g/mol. The Hall–Kier alpha value is -3.75. The minimum absolute atomic E-state index is 0.0430. The lowest BCUT2D eigenvalue weighted by Crippen LogP contribution is -2.03. The van der Waals surface area contributed by atoms with Crippen LogP contribution in [0.15, 0.2) is 48.8 Å². The summed E-state index contributed by atoms with van der Waals surface area (Å²) < 4.78 is 34.3. The number of aryl methyl sites for hydroxylation is 1. The normalized spacial score (nSPS) is 10.9. The van der Waals surface area contributed by atoms with Crippen LogP contribution in [0.1, 0.15) is 0 Å². The van der Waals surface area contributed by atoms with E-state index in [1.807, 2.05) is 31.4 Å². The maximum Gasteiger partial charge on any atom is 0.229 e. The highest BCUT2D eigenvalue weighted by Crippen LogP contribution is 2.26. The molecule has 0 aliphatic carbocycles. The molecule has 0 unspecified atom stereocenters. The first-order valence-corrected chi connectivity index (χ1v) is 8.35. The number of benzene rings is 2. The van der Waals surface area contributed by atoms with E-state index in [1.165, 1.54) is 25.3 Å². The largest absolute Gasteiger partial charge is 0.494 e. The van der Waals surface area contributed by atoms with Gasteiger partial charge in [0.05, 0.1) is 18.8 Å². The summed E-state index contributed by atoms with van der Waals surface area (Å²) in [5, 5.41) is 11.2. The quantitative estimate of drug-likeness (QED) is 0.540. The van der Waals surface area contributed by atoms with E-state index in [-0.39, 0.29) is 17.5 Å². The maximum atomic E-state index is 14.1. The highest BCUT2D eigenvalue weighted by molar-refractivity contribution is 5.82. The summed E-state index contributed by atoms with van der Waals surface area (Å²) in [5.41, 5.74) is 1.95. The number of nitrogens with one attached hydrogen (secondary N) is 2. The first-order valence-electron chi connectivity index (χ1n) is 8.35. The fraction of sp³-hybridized carbons (Fsp3) is 0.105. The molecule has 0 amide bonds. The predicted octanol–water partition coefficient (Wildman–Crippen LogP) is 4.14. The standard InChI is InChI=1S/C19H16F2N6O/c1-27-10-11-3-4-12(7-16(11)26-27)24-19-22-9-15(21)18(25-19)23-13-5-6-14(20)17(8-13)28-2/h3-10H,1-2H3,(H2,22,23,24,25). The lowest BCUT2D eigenvalue weighted by molar-refractivity contribution is 0.387. The summed E-state index contributed by atoms with van der Waals surface area (Å²) in [4.78, 5) is 8.12. The van der Waals surface area contributed by atoms with E-state index in [0.29, 0.717) is 11.4 Å². The van der Waals surface area contributed by atoms with Crippen LogP contribution in [0.5, 0.6) is 5.75 Å². The van der Waals surface area contributed by atoms with Crippen molar-refractivity contribution >= 4 is 34.0 Å². The Labute approximate surface area is 159 Å². The van der Waals surface area contributed by atoms with E-state index in [2.05, 4.69) is 25.7 Å². The number of hydrogen-bond donors (Lipinski definition) is 2. The average molecular weight is 382 g/mol. The molecule has 2 aromatic carbocycles. The van der Waals surface area contributed by atoms with Gasteiger partial charge in [0.25, 0.3) is 0 Å². The molecule has 2 aromatic heterocycles. The highest BCUT2D eigenvalue weighted by Gasteiger charge is 2.10. The molecule has 0 saturated heterocycles. The second-order valence-electron chi connectivity index (χ2n) is 6.07. The van der Waals surface area contributed by atoms with Crippen LogP contribution in [-0.4, -0.2) is 26.9 Å². The molecular weight excluding hydrogens is 366 g/mol. The third-order valence-electron chi connectivity index (χ3n) is 4.04. The van der Waals surface area contributed by atoms with Crippen LogP contribution in [0.4, 0.5) is 31.9 Å². The van der Waals surface area contributed by atoms with E-state index < -0.39 is 11.6 Å². The van der Waals surface area contributed by atoms with Crippen LogP contribution in [0.2, 0.25) is 0 Å². The van der Waals surface area contributed by atoms with Gasteiger partial charge in [-0.2, -0.15) is 10.1 Å². The molecule has 142 valence electrons. The Morgan fingerprint density at radius 2 is 1.79 bits per heavy atom. The van der Waals surface area contributed by atoms with Gasteiger partial charge in [0, 0.05) is 36.1 Å².